The number of likely N-dealkylation sites (N-methyl/N-ethyl adjacent to an activating group) is 1. The number of rotatable bonds is 4. The maximum atomic E-state index is 12.7. The van der Waals surface area contributed by atoms with Gasteiger partial charge in [0.1, 0.15) is 0 Å². The van der Waals surface area contributed by atoms with Crippen molar-refractivity contribution in [2.45, 2.75) is 37.8 Å². The first-order valence-corrected chi connectivity index (χ1v) is 8.08. The highest BCUT2D eigenvalue weighted by Crippen LogP contribution is 2.26. The zero-order chi connectivity index (χ0) is 14.9. The van der Waals surface area contributed by atoms with Crippen molar-refractivity contribution >= 4 is 10.0 Å². The van der Waals surface area contributed by atoms with Crippen LogP contribution in [0.3, 0.4) is 0 Å². The van der Waals surface area contributed by atoms with Gasteiger partial charge in [0.15, 0.2) is 0 Å². The number of hydrogen-bond donors (Lipinski definition) is 1. The van der Waals surface area contributed by atoms with Gasteiger partial charge in [-0.05, 0) is 43.0 Å². The monoisotopic (exact) mass is 299 g/mol. The predicted octanol–water partition coefficient (Wildman–Crippen LogP) is 1.21. The van der Waals surface area contributed by atoms with Crippen molar-refractivity contribution in [1.82, 2.24) is 4.31 Å². The number of aryl methyl sites for hydroxylation is 2. The van der Waals surface area contributed by atoms with Crippen LogP contribution < -0.4 is 0 Å². The van der Waals surface area contributed by atoms with Gasteiger partial charge in [0, 0.05) is 13.7 Å². The molecule has 1 saturated heterocycles. The lowest BCUT2D eigenvalue weighted by atomic mass is 10.1. The number of nitrogens with zero attached hydrogens (tertiary/aromatic N) is 1. The topological polar surface area (TPSA) is 66.8 Å². The summed E-state index contributed by atoms with van der Waals surface area (Å²) in [5.74, 6) is 0. The highest BCUT2D eigenvalue weighted by atomic mass is 32.2. The molecular formula is C14H21NO4S. The van der Waals surface area contributed by atoms with E-state index >= 15 is 0 Å². The van der Waals surface area contributed by atoms with E-state index in [9.17, 15) is 13.5 Å². The van der Waals surface area contributed by atoms with Crippen molar-refractivity contribution in [2.75, 3.05) is 20.3 Å². The van der Waals surface area contributed by atoms with Crippen LogP contribution in [-0.2, 0) is 21.4 Å². The first kappa shape index (κ1) is 15.4. The molecule has 6 heteroatoms. The third kappa shape index (κ3) is 2.74. The van der Waals surface area contributed by atoms with Gasteiger partial charge >= 0.3 is 0 Å². The van der Waals surface area contributed by atoms with Crippen molar-refractivity contribution in [2.24, 2.45) is 0 Å². The molecule has 0 aromatic heterocycles. The Morgan fingerprint density at radius 1 is 1.35 bits per heavy atom. The largest absolute Gasteiger partial charge is 0.392 e. The lowest BCUT2D eigenvalue weighted by molar-refractivity contribution is 0.181. The molecule has 1 aliphatic rings. The molecule has 5 nitrogen and oxygen atoms in total. The summed E-state index contributed by atoms with van der Waals surface area (Å²) in [6.07, 6.45) is 0.716. The predicted molar refractivity (Wildman–Crippen MR) is 76.0 cm³/mol. The standard InChI is InChI=1S/C14H21NO4S/c1-10-6-11(2)14(7-12(10)8-16)20(17,18)15(3)13-4-5-19-9-13/h6-7,13,16H,4-5,8-9H2,1-3H3. The van der Waals surface area contributed by atoms with Gasteiger partial charge in [-0.15, -0.1) is 0 Å². The van der Waals surface area contributed by atoms with E-state index in [1.54, 1.807) is 26.1 Å². The number of aliphatic hydroxyl groups is 1. The van der Waals surface area contributed by atoms with Gasteiger partial charge in [0.2, 0.25) is 10.0 Å². The van der Waals surface area contributed by atoms with E-state index in [0.29, 0.717) is 30.8 Å². The third-order valence-electron chi connectivity index (χ3n) is 3.88. The van der Waals surface area contributed by atoms with Crippen LogP contribution in [0.2, 0.25) is 0 Å². The van der Waals surface area contributed by atoms with E-state index < -0.39 is 10.0 Å². The summed E-state index contributed by atoms with van der Waals surface area (Å²) < 4.78 is 32.1. The number of benzene rings is 1. The summed E-state index contributed by atoms with van der Waals surface area (Å²) >= 11 is 0. The molecule has 0 spiro atoms. The van der Waals surface area contributed by atoms with Crippen molar-refractivity contribution in [3.63, 3.8) is 0 Å². The van der Waals surface area contributed by atoms with Crippen LogP contribution in [0.15, 0.2) is 17.0 Å². The van der Waals surface area contributed by atoms with Crippen molar-refractivity contribution < 1.29 is 18.3 Å². The van der Waals surface area contributed by atoms with Crippen LogP contribution in [0, 0.1) is 13.8 Å². The van der Waals surface area contributed by atoms with Crippen molar-refractivity contribution in [1.29, 1.82) is 0 Å². The Labute approximate surface area is 120 Å². The summed E-state index contributed by atoms with van der Waals surface area (Å²) in [5, 5.41) is 9.32. The summed E-state index contributed by atoms with van der Waals surface area (Å²) in [4.78, 5) is 0.265. The minimum atomic E-state index is -3.56. The molecule has 1 unspecified atom stereocenters. The lowest BCUT2D eigenvalue weighted by Crippen LogP contribution is -2.37. The Morgan fingerprint density at radius 2 is 2.05 bits per heavy atom. The van der Waals surface area contributed by atoms with E-state index in [-0.39, 0.29) is 17.5 Å². The molecule has 1 atom stereocenters. The van der Waals surface area contributed by atoms with E-state index in [2.05, 4.69) is 0 Å². The molecular weight excluding hydrogens is 278 g/mol. The van der Waals surface area contributed by atoms with Crippen LogP contribution in [0.25, 0.3) is 0 Å². The second-order valence-electron chi connectivity index (χ2n) is 5.24. The van der Waals surface area contributed by atoms with E-state index in [1.165, 1.54) is 4.31 Å². The Kier molecular flexibility index (Phi) is 4.49. The fraction of sp³-hybridized carbons (Fsp3) is 0.571. The molecule has 1 fully saturated rings. The fourth-order valence-corrected chi connectivity index (χ4v) is 4.11. The fourth-order valence-electron chi connectivity index (χ4n) is 2.48. The lowest BCUT2D eigenvalue weighted by Gasteiger charge is -2.24. The Bertz CT molecular complexity index is 591. The maximum Gasteiger partial charge on any atom is 0.243 e. The molecule has 0 saturated carbocycles. The minimum absolute atomic E-state index is 0.113. The number of ether oxygens (including phenoxy) is 1. The molecule has 1 aromatic rings. The Hall–Kier alpha value is -0.950. The normalized spacial score (nSPS) is 19.8. The van der Waals surface area contributed by atoms with Gasteiger partial charge in [-0.1, -0.05) is 6.07 Å². The smallest absolute Gasteiger partial charge is 0.243 e. The summed E-state index contributed by atoms with van der Waals surface area (Å²) in [6, 6.07) is 3.27. The first-order chi connectivity index (χ1) is 9.37. The molecule has 0 radical (unpaired) electrons. The number of aliphatic hydroxyl groups excluding tert-OH is 1. The van der Waals surface area contributed by atoms with Gasteiger partial charge in [0.05, 0.1) is 24.2 Å². The second-order valence-corrected chi connectivity index (χ2v) is 7.21. The van der Waals surface area contributed by atoms with E-state index in [1.807, 2.05) is 6.92 Å². The quantitative estimate of drug-likeness (QED) is 0.907. The molecule has 112 valence electrons. The van der Waals surface area contributed by atoms with E-state index in [4.69, 9.17) is 4.74 Å². The van der Waals surface area contributed by atoms with Gasteiger partial charge in [0.25, 0.3) is 0 Å². The molecule has 1 aliphatic heterocycles. The van der Waals surface area contributed by atoms with Gasteiger partial charge in [-0.25, -0.2) is 8.42 Å². The highest BCUT2D eigenvalue weighted by Gasteiger charge is 2.31. The van der Waals surface area contributed by atoms with Crippen molar-refractivity contribution in [3.05, 3.63) is 28.8 Å². The molecule has 0 bridgehead atoms. The molecule has 20 heavy (non-hydrogen) atoms. The van der Waals surface area contributed by atoms with Crippen molar-refractivity contribution in [3.8, 4) is 0 Å². The highest BCUT2D eigenvalue weighted by molar-refractivity contribution is 7.89. The van der Waals surface area contributed by atoms with Crippen LogP contribution in [0.4, 0.5) is 0 Å². The summed E-state index contributed by atoms with van der Waals surface area (Å²) in [5.41, 5.74) is 2.24. The molecule has 1 aromatic carbocycles. The maximum absolute atomic E-state index is 12.7. The zero-order valence-corrected chi connectivity index (χ0v) is 12.9. The van der Waals surface area contributed by atoms with E-state index in [0.717, 1.165) is 5.56 Å². The minimum Gasteiger partial charge on any atom is -0.392 e. The SMILES string of the molecule is Cc1cc(C)c(S(=O)(=O)N(C)C2CCOC2)cc1CO. The van der Waals surface area contributed by atoms with Crippen LogP contribution in [-0.4, -0.2) is 44.1 Å². The average molecular weight is 299 g/mol. The number of hydrogen-bond acceptors (Lipinski definition) is 4. The van der Waals surface area contributed by atoms with Crippen LogP contribution in [0.1, 0.15) is 23.1 Å². The van der Waals surface area contributed by atoms with Crippen LogP contribution in [0.5, 0.6) is 0 Å². The Balaban J connectivity index is 2.43. The zero-order valence-electron chi connectivity index (χ0n) is 12.1. The van der Waals surface area contributed by atoms with Crippen LogP contribution >= 0.6 is 0 Å². The molecule has 0 aliphatic carbocycles. The molecule has 2 rings (SSSR count). The third-order valence-corrected chi connectivity index (χ3v) is 5.93. The molecule has 0 amide bonds. The summed E-state index contributed by atoms with van der Waals surface area (Å²) in [7, 11) is -1.97. The average Bonchev–Trinajstić information content (AvgIpc) is 2.91. The van der Waals surface area contributed by atoms with Gasteiger partial charge in [-0.3, -0.25) is 0 Å². The number of sulfonamides is 1. The van der Waals surface area contributed by atoms with Gasteiger partial charge < -0.3 is 9.84 Å². The second kappa shape index (κ2) is 5.81. The molecule has 1 heterocycles. The Morgan fingerprint density at radius 3 is 2.60 bits per heavy atom. The van der Waals surface area contributed by atoms with Gasteiger partial charge in [-0.2, -0.15) is 4.31 Å². The summed E-state index contributed by atoms with van der Waals surface area (Å²) in [6.45, 7) is 4.52. The molecule has 1 N–H and O–H groups in total. The first-order valence-electron chi connectivity index (χ1n) is 6.64.